The van der Waals surface area contributed by atoms with E-state index in [-0.39, 0.29) is 87.5 Å². The third kappa shape index (κ3) is 7.32. The standard InChI is InChI=1S/C54H43N5O.Pt/c1-54(2,3)39-30-31-55-52(32-39)59-48-25-13-12-22-46(48)47-28-27-43(35-50(47)59)60-42-21-14-20-41(33-42)57-36-58(51-34-40(56(4)5)26-29-49(51)57)53-44(37-16-8-6-9-17-37)23-15-24-45(53)38-18-10-7-11-19-38;/h6-32,34H,1-5H3;/q-2;/i4D3,5D3,6D,7D,8D,9D,10D,11D,16D,17D,18D,19D;. The fourth-order valence-electron chi connectivity index (χ4n) is 7.46. The monoisotopic (exact) mass is 988 g/mol. The van der Waals surface area contributed by atoms with Crippen LogP contribution in [0.1, 0.15) is 48.3 Å². The van der Waals surface area contributed by atoms with Gasteiger partial charge >= 0.3 is 0 Å². The Morgan fingerprint density at radius 1 is 0.705 bits per heavy atom. The summed E-state index contributed by atoms with van der Waals surface area (Å²) in [4.78, 5) is 5.05. The first kappa shape index (κ1) is 25.1. The van der Waals surface area contributed by atoms with Gasteiger partial charge in [0.2, 0.25) is 0 Å². The summed E-state index contributed by atoms with van der Waals surface area (Å²) in [7, 11) is 0. The Labute approximate surface area is 393 Å². The summed E-state index contributed by atoms with van der Waals surface area (Å²) < 4.78 is 149. The van der Waals surface area contributed by atoms with Crippen LogP contribution in [0.4, 0.5) is 5.69 Å². The van der Waals surface area contributed by atoms with Crippen molar-refractivity contribution >= 4 is 38.5 Å². The Kier molecular flexibility index (Phi) is 6.60. The molecule has 0 saturated carbocycles. The second-order valence-corrected chi connectivity index (χ2v) is 15.1. The number of aromatic nitrogens is 4. The molecule has 0 unspecified atom stereocenters. The zero-order valence-corrected chi connectivity index (χ0v) is 35.1. The maximum absolute atomic E-state index is 9.08. The molecule has 3 aromatic heterocycles. The summed E-state index contributed by atoms with van der Waals surface area (Å²) in [5.74, 6) is 1.22. The SMILES string of the molecule is [2H]c1c([2H])c([2H])c(-c2cccc(-c3c([2H])c([2H])c([2H])c([2H])c3[2H])c2-[n+]2[c-]n(-c3[c-]c(Oc4[c-]c5c(cc4)c4ccccc4n5-c4cc(C(C)(C)C)ccn4)ccc3)c3ccc(N(C([2H])([2H])[2H])C([2H])([2H])[2H])cc32)c([2H])c1[2H].[Pt]. The molecule has 0 fully saturated rings. The van der Waals surface area contributed by atoms with E-state index >= 15 is 0 Å². The molecule has 0 amide bonds. The van der Waals surface area contributed by atoms with Crippen LogP contribution < -0.4 is 14.2 Å². The smallest absolute Gasteiger partial charge is 0.268 e. The minimum Gasteiger partial charge on any atom is -0.510 e. The van der Waals surface area contributed by atoms with Gasteiger partial charge in [-0.15, -0.1) is 29.7 Å². The number of benzene rings is 7. The molecule has 0 aliphatic rings. The predicted molar refractivity (Wildman–Crippen MR) is 244 cm³/mol. The Hall–Kier alpha value is -6.75. The zero-order valence-electron chi connectivity index (χ0n) is 48.9. The van der Waals surface area contributed by atoms with Crippen LogP contribution in [-0.2, 0) is 26.5 Å². The van der Waals surface area contributed by atoms with Crippen LogP contribution in [0.15, 0.2) is 170 Å². The normalized spacial score (nSPS) is 15.7. The number of hydrogen-bond acceptors (Lipinski definition) is 3. The summed E-state index contributed by atoms with van der Waals surface area (Å²) in [6.45, 7) is -0.0237. The molecule has 10 rings (SSSR count). The van der Waals surface area contributed by atoms with Crippen LogP contribution in [-0.4, -0.2) is 28.1 Å². The van der Waals surface area contributed by atoms with Crippen LogP contribution >= 0.6 is 0 Å². The van der Waals surface area contributed by atoms with Gasteiger partial charge in [-0.05, 0) is 74.6 Å². The minimum absolute atomic E-state index is 0. The molecule has 3 heterocycles. The Bertz CT molecular complexity index is 3870. The molecule has 0 spiro atoms. The van der Waals surface area contributed by atoms with Gasteiger partial charge in [-0.2, -0.15) is 18.2 Å². The molecule has 0 radical (unpaired) electrons. The van der Waals surface area contributed by atoms with Crippen LogP contribution in [0.5, 0.6) is 11.5 Å². The van der Waals surface area contributed by atoms with Crippen molar-refractivity contribution in [3.63, 3.8) is 0 Å². The van der Waals surface area contributed by atoms with Crippen molar-refractivity contribution in [1.29, 1.82) is 0 Å². The zero-order chi connectivity index (χ0) is 54.7. The van der Waals surface area contributed by atoms with Gasteiger partial charge in [0.05, 0.1) is 30.4 Å². The molecule has 0 atom stereocenters. The molecule has 6 nitrogen and oxygen atoms in total. The first-order chi connectivity index (χ1) is 35.8. The summed E-state index contributed by atoms with van der Waals surface area (Å²) in [6.07, 6.45) is 5.02. The van der Waals surface area contributed by atoms with Crippen LogP contribution in [0.3, 0.4) is 0 Å². The summed E-state index contributed by atoms with van der Waals surface area (Å²) in [5.41, 5.74) is 1.82. The van der Waals surface area contributed by atoms with Crippen molar-refractivity contribution in [1.82, 2.24) is 14.1 Å². The molecule has 0 aliphatic heterocycles. The van der Waals surface area contributed by atoms with Crippen molar-refractivity contribution in [2.45, 2.75) is 26.2 Å². The largest absolute Gasteiger partial charge is 0.510 e. The van der Waals surface area contributed by atoms with Gasteiger partial charge in [0.15, 0.2) is 0 Å². The molecule has 10 aromatic rings. The maximum Gasteiger partial charge on any atom is 0.268 e. The van der Waals surface area contributed by atoms with Crippen molar-refractivity contribution in [3.05, 3.63) is 194 Å². The minimum atomic E-state index is -3.21. The van der Waals surface area contributed by atoms with E-state index in [0.29, 0.717) is 17.1 Å². The number of pyridine rings is 1. The quantitative estimate of drug-likeness (QED) is 0.112. The predicted octanol–water partition coefficient (Wildman–Crippen LogP) is 12.3. The van der Waals surface area contributed by atoms with E-state index in [1.54, 1.807) is 30.5 Å². The number of fused-ring (bicyclic) bond motifs is 4. The summed E-state index contributed by atoms with van der Waals surface area (Å²) in [5, 5.41) is 1.88. The van der Waals surface area contributed by atoms with Crippen LogP contribution in [0.2, 0.25) is 0 Å². The number of imidazole rings is 1. The van der Waals surface area contributed by atoms with E-state index in [9.17, 15) is 0 Å². The molecule has 7 aromatic carbocycles. The third-order valence-electron chi connectivity index (χ3n) is 10.3. The van der Waals surface area contributed by atoms with Crippen LogP contribution in [0.25, 0.3) is 72.3 Å². The molecule has 0 saturated heterocycles. The molecule has 0 aliphatic carbocycles. The van der Waals surface area contributed by atoms with Crippen molar-refractivity contribution < 1.29 is 52.3 Å². The second-order valence-electron chi connectivity index (χ2n) is 15.1. The Balaban J connectivity index is 0.00000722. The summed E-state index contributed by atoms with van der Waals surface area (Å²) in [6, 6.07) is 29.1. The fraction of sp³-hybridized carbons (Fsp3) is 0.111. The van der Waals surface area contributed by atoms with E-state index in [2.05, 4.69) is 45.3 Å². The maximum atomic E-state index is 9.08. The molecule has 61 heavy (non-hydrogen) atoms. The van der Waals surface area contributed by atoms with Gasteiger partial charge in [-0.1, -0.05) is 129 Å². The number of anilines is 1. The van der Waals surface area contributed by atoms with Gasteiger partial charge in [0.1, 0.15) is 5.82 Å². The Morgan fingerprint density at radius 3 is 2.13 bits per heavy atom. The average Bonchev–Trinajstić information content (AvgIpc) is 4.09. The number of hydrogen-bond donors (Lipinski definition) is 0. The molecular formula is C54H43N5OPt-2. The van der Waals surface area contributed by atoms with Crippen LogP contribution in [0, 0.1) is 18.5 Å². The van der Waals surface area contributed by atoms with E-state index in [0.717, 1.165) is 21.9 Å². The Morgan fingerprint density at radius 2 is 1.41 bits per heavy atom. The van der Waals surface area contributed by atoms with Gasteiger partial charge in [0, 0.05) is 72.1 Å². The number of ether oxygens (including phenoxy) is 1. The number of para-hydroxylation sites is 2. The van der Waals surface area contributed by atoms with E-state index in [1.165, 1.54) is 45.5 Å². The van der Waals surface area contributed by atoms with Crippen molar-refractivity contribution in [2.24, 2.45) is 0 Å². The number of nitrogens with zero attached hydrogens (tertiary/aromatic N) is 5. The average molecular weight is 989 g/mol. The molecule has 0 bridgehead atoms. The first-order valence-corrected chi connectivity index (χ1v) is 19.0. The summed E-state index contributed by atoms with van der Waals surface area (Å²) >= 11 is 0. The molecular weight excluding hydrogens is 930 g/mol. The number of rotatable bonds is 8. The van der Waals surface area contributed by atoms with E-state index < -0.39 is 74.4 Å². The fourth-order valence-corrected chi connectivity index (χ4v) is 7.46. The molecule has 7 heteroatoms. The molecule has 302 valence electrons. The van der Waals surface area contributed by atoms with Crippen molar-refractivity contribution in [2.75, 3.05) is 18.9 Å². The second kappa shape index (κ2) is 16.0. The van der Waals surface area contributed by atoms with Gasteiger partial charge in [-0.3, -0.25) is 4.57 Å². The topological polar surface area (TPSA) is 39.1 Å². The van der Waals surface area contributed by atoms with E-state index in [1.807, 2.05) is 41.0 Å². The first-order valence-electron chi connectivity index (χ1n) is 27.0. The van der Waals surface area contributed by atoms with E-state index in [4.69, 9.17) is 31.7 Å². The van der Waals surface area contributed by atoms with Gasteiger partial charge < -0.3 is 18.8 Å². The third-order valence-corrected chi connectivity index (χ3v) is 10.3. The van der Waals surface area contributed by atoms with Crippen molar-refractivity contribution in [3.8, 4) is 50.9 Å². The molecule has 0 N–H and O–H groups in total. The van der Waals surface area contributed by atoms with Gasteiger partial charge in [-0.25, -0.2) is 4.98 Å². The van der Waals surface area contributed by atoms with Gasteiger partial charge in [0.25, 0.3) is 6.33 Å².